The zero-order valence-electron chi connectivity index (χ0n) is 20.5. The summed E-state index contributed by atoms with van der Waals surface area (Å²) in [6.07, 6.45) is 0. The molecule has 3 aromatic rings. The molecule has 1 atom stereocenters. The molecule has 35 heavy (non-hydrogen) atoms. The predicted octanol–water partition coefficient (Wildman–Crippen LogP) is 5.63. The number of rotatable bonds is 4. The van der Waals surface area contributed by atoms with Gasteiger partial charge in [-0.25, -0.2) is 0 Å². The number of nitrogens with zero attached hydrogens (tertiary/aromatic N) is 1. The van der Waals surface area contributed by atoms with Crippen LogP contribution in [0.2, 0.25) is 0 Å². The molecular weight excluding hydrogens is 442 g/mol. The third kappa shape index (κ3) is 4.28. The number of Topliss-reactive ketones (excluding diaryl/α,β-unsaturated/α-hetero) is 1. The molecule has 2 N–H and O–H groups in total. The van der Waals surface area contributed by atoms with Crippen LogP contribution in [0.5, 0.6) is 11.5 Å². The zero-order chi connectivity index (χ0) is 25.5. The van der Waals surface area contributed by atoms with Crippen LogP contribution in [0, 0.1) is 6.92 Å². The van der Waals surface area contributed by atoms with Crippen LogP contribution < -0.4 is 9.64 Å². The Morgan fingerprint density at radius 3 is 2.34 bits per heavy atom. The first-order valence-electron chi connectivity index (χ1n) is 11.4. The van der Waals surface area contributed by atoms with Crippen LogP contribution in [-0.4, -0.2) is 29.0 Å². The average Bonchev–Trinajstić information content (AvgIpc) is 3.09. The zero-order valence-corrected chi connectivity index (χ0v) is 20.5. The van der Waals surface area contributed by atoms with Gasteiger partial charge in [-0.05, 0) is 59.4 Å². The molecule has 1 unspecified atom stereocenters. The Morgan fingerprint density at radius 2 is 1.69 bits per heavy atom. The van der Waals surface area contributed by atoms with E-state index in [2.05, 4.69) is 20.8 Å². The van der Waals surface area contributed by atoms with Gasteiger partial charge in [-0.2, -0.15) is 0 Å². The lowest BCUT2D eigenvalue weighted by atomic mass is 9.84. The fourth-order valence-corrected chi connectivity index (χ4v) is 4.36. The van der Waals surface area contributed by atoms with E-state index in [9.17, 15) is 19.8 Å². The smallest absolute Gasteiger partial charge is 0.300 e. The van der Waals surface area contributed by atoms with E-state index in [1.165, 1.54) is 18.1 Å². The number of aryl methyl sites for hydroxylation is 1. The van der Waals surface area contributed by atoms with Crippen molar-refractivity contribution >= 4 is 23.1 Å². The molecule has 1 saturated heterocycles. The molecule has 0 saturated carbocycles. The Bertz CT molecular complexity index is 1350. The van der Waals surface area contributed by atoms with Crippen LogP contribution in [0.25, 0.3) is 5.76 Å². The summed E-state index contributed by atoms with van der Waals surface area (Å²) < 4.78 is 5.37. The Labute approximate surface area is 205 Å². The van der Waals surface area contributed by atoms with Crippen LogP contribution in [0.4, 0.5) is 5.69 Å². The number of methoxy groups -OCH3 is 1. The molecule has 1 fully saturated rings. The van der Waals surface area contributed by atoms with E-state index < -0.39 is 17.7 Å². The van der Waals surface area contributed by atoms with Crippen molar-refractivity contribution in [2.24, 2.45) is 0 Å². The summed E-state index contributed by atoms with van der Waals surface area (Å²) in [5.74, 6) is -1.51. The lowest BCUT2D eigenvalue weighted by Crippen LogP contribution is -2.29. The highest BCUT2D eigenvalue weighted by Crippen LogP contribution is 2.45. The number of aromatic hydroxyl groups is 1. The number of anilines is 1. The number of para-hydroxylation sites is 2. The van der Waals surface area contributed by atoms with Crippen molar-refractivity contribution in [1.29, 1.82) is 0 Å². The second-order valence-electron chi connectivity index (χ2n) is 9.71. The number of carbonyl (C=O) groups excluding carboxylic acids is 2. The van der Waals surface area contributed by atoms with Gasteiger partial charge >= 0.3 is 0 Å². The van der Waals surface area contributed by atoms with Gasteiger partial charge in [0.15, 0.2) is 0 Å². The maximum absolute atomic E-state index is 13.4. The van der Waals surface area contributed by atoms with Gasteiger partial charge in [-0.1, -0.05) is 57.2 Å². The summed E-state index contributed by atoms with van der Waals surface area (Å²) in [5.41, 5.74) is 2.77. The molecule has 6 nitrogen and oxygen atoms in total. The third-order valence-electron chi connectivity index (χ3n) is 6.35. The second kappa shape index (κ2) is 8.95. The van der Waals surface area contributed by atoms with E-state index in [1.807, 2.05) is 25.1 Å². The van der Waals surface area contributed by atoms with Crippen LogP contribution in [0.15, 0.2) is 72.3 Å². The summed E-state index contributed by atoms with van der Waals surface area (Å²) in [7, 11) is 1.53. The molecule has 0 aliphatic carbocycles. The van der Waals surface area contributed by atoms with Gasteiger partial charge in [0.1, 0.15) is 17.3 Å². The highest BCUT2D eigenvalue weighted by atomic mass is 16.5. The molecule has 3 aromatic carbocycles. The summed E-state index contributed by atoms with van der Waals surface area (Å²) in [5, 5.41) is 22.1. The largest absolute Gasteiger partial charge is 0.507 e. The third-order valence-corrected chi connectivity index (χ3v) is 6.35. The predicted molar refractivity (Wildman–Crippen MR) is 136 cm³/mol. The number of phenols is 1. The molecule has 180 valence electrons. The lowest BCUT2D eigenvalue weighted by molar-refractivity contribution is -0.132. The van der Waals surface area contributed by atoms with E-state index in [0.29, 0.717) is 16.9 Å². The minimum Gasteiger partial charge on any atom is -0.507 e. The molecule has 4 rings (SSSR count). The van der Waals surface area contributed by atoms with Crippen LogP contribution in [0.3, 0.4) is 0 Å². The molecule has 0 bridgehead atoms. The minimum absolute atomic E-state index is 0.0411. The van der Waals surface area contributed by atoms with Crippen molar-refractivity contribution in [3.8, 4) is 11.5 Å². The lowest BCUT2D eigenvalue weighted by Gasteiger charge is -2.26. The van der Waals surface area contributed by atoms with E-state index in [4.69, 9.17) is 4.74 Å². The number of amides is 1. The van der Waals surface area contributed by atoms with Gasteiger partial charge in [0, 0.05) is 5.56 Å². The number of phenolic OH excluding ortho intramolecular Hbond substituents is 1. The summed E-state index contributed by atoms with van der Waals surface area (Å²) in [4.78, 5) is 28.0. The van der Waals surface area contributed by atoms with E-state index in [1.54, 1.807) is 42.5 Å². The van der Waals surface area contributed by atoms with Crippen molar-refractivity contribution in [2.45, 2.75) is 39.2 Å². The topological polar surface area (TPSA) is 87.1 Å². The Morgan fingerprint density at radius 1 is 0.971 bits per heavy atom. The average molecular weight is 472 g/mol. The van der Waals surface area contributed by atoms with Crippen LogP contribution in [0.1, 0.15) is 49.1 Å². The maximum Gasteiger partial charge on any atom is 0.300 e. The molecule has 1 amide bonds. The molecule has 1 aliphatic heterocycles. The molecule has 6 heteroatoms. The fraction of sp³-hybridized carbons (Fsp3) is 0.241. The number of benzene rings is 3. The first-order valence-corrected chi connectivity index (χ1v) is 11.4. The first kappa shape index (κ1) is 24.1. The molecule has 0 spiro atoms. The highest BCUT2D eigenvalue weighted by molar-refractivity contribution is 6.52. The fourth-order valence-electron chi connectivity index (χ4n) is 4.36. The van der Waals surface area contributed by atoms with Gasteiger partial charge in [-0.15, -0.1) is 0 Å². The molecule has 0 aromatic heterocycles. The number of aliphatic hydroxyl groups is 1. The number of hydrogen-bond acceptors (Lipinski definition) is 5. The monoisotopic (exact) mass is 471 g/mol. The number of aliphatic hydroxyl groups excluding tert-OH is 1. The van der Waals surface area contributed by atoms with Gasteiger partial charge in [0.2, 0.25) is 0 Å². The quantitative estimate of drug-likeness (QED) is 0.292. The Balaban J connectivity index is 2.01. The molecule has 1 aliphatic rings. The molecular formula is C29H29NO5. The SMILES string of the molecule is COc1cccc(C2/C(=C(\O)c3cc(C(C)(C)C)ccc3C)C(=O)C(=O)N2c2ccccc2O)c1. The van der Waals surface area contributed by atoms with Crippen LogP contribution in [-0.2, 0) is 15.0 Å². The molecule has 0 radical (unpaired) electrons. The van der Waals surface area contributed by atoms with E-state index >= 15 is 0 Å². The summed E-state index contributed by atoms with van der Waals surface area (Å²) in [6.45, 7) is 8.04. The number of carbonyl (C=O) groups is 2. The van der Waals surface area contributed by atoms with Gasteiger partial charge < -0.3 is 14.9 Å². The number of ether oxygens (including phenoxy) is 1. The maximum atomic E-state index is 13.4. The second-order valence-corrected chi connectivity index (χ2v) is 9.71. The minimum atomic E-state index is -0.962. The summed E-state index contributed by atoms with van der Waals surface area (Å²) >= 11 is 0. The van der Waals surface area contributed by atoms with Crippen molar-refractivity contribution < 1.29 is 24.5 Å². The Hall–Kier alpha value is -4.06. The molecule has 1 heterocycles. The van der Waals surface area contributed by atoms with Crippen LogP contribution >= 0.6 is 0 Å². The van der Waals surface area contributed by atoms with Gasteiger partial charge in [0.25, 0.3) is 11.7 Å². The highest BCUT2D eigenvalue weighted by Gasteiger charge is 2.48. The van der Waals surface area contributed by atoms with Crippen molar-refractivity contribution in [1.82, 2.24) is 0 Å². The standard InChI is InChI=1S/C29H29NO5/c1-17-13-14-19(29(2,3)4)16-21(17)26(32)24-25(18-9-8-10-20(15-18)35-5)30(28(34)27(24)33)22-11-6-7-12-23(22)31/h6-16,25,31-32H,1-5H3/b26-24+. The first-order chi connectivity index (χ1) is 16.5. The van der Waals surface area contributed by atoms with E-state index in [0.717, 1.165) is 11.1 Å². The number of hydrogen-bond donors (Lipinski definition) is 2. The number of ketones is 1. The van der Waals surface area contributed by atoms with E-state index in [-0.39, 0.29) is 28.2 Å². The van der Waals surface area contributed by atoms with Crippen molar-refractivity contribution in [3.63, 3.8) is 0 Å². The van der Waals surface area contributed by atoms with Crippen molar-refractivity contribution in [2.75, 3.05) is 12.0 Å². The Kier molecular flexibility index (Phi) is 6.15. The van der Waals surface area contributed by atoms with Crippen molar-refractivity contribution in [3.05, 3.63) is 94.6 Å². The summed E-state index contributed by atoms with van der Waals surface area (Å²) in [6, 6.07) is 18.1. The van der Waals surface area contributed by atoms with Gasteiger partial charge in [-0.3, -0.25) is 14.5 Å². The van der Waals surface area contributed by atoms with Gasteiger partial charge in [0.05, 0.1) is 24.4 Å². The normalized spacial score (nSPS) is 17.6.